The van der Waals surface area contributed by atoms with E-state index in [0.29, 0.717) is 6.54 Å². The Balaban J connectivity index is 2.36. The van der Waals surface area contributed by atoms with Gasteiger partial charge in [-0.05, 0) is 25.0 Å². The standard InChI is InChI=1S/C14H21N5/c1-5-12-17-13(6-2)19(18-12)8-11-10(4)14(15)9(3)7-16-11/h7H,5-6,8H2,1-4H3,(H2,15,16). The van der Waals surface area contributed by atoms with Crippen LogP contribution in [-0.4, -0.2) is 19.7 Å². The second kappa shape index (κ2) is 5.38. The molecule has 0 spiro atoms. The van der Waals surface area contributed by atoms with E-state index in [1.54, 1.807) is 0 Å². The lowest BCUT2D eigenvalue weighted by molar-refractivity contribution is 0.624. The van der Waals surface area contributed by atoms with E-state index in [0.717, 1.165) is 47.0 Å². The normalized spacial score (nSPS) is 10.9. The van der Waals surface area contributed by atoms with Gasteiger partial charge in [-0.25, -0.2) is 9.67 Å². The van der Waals surface area contributed by atoms with Crippen LogP contribution < -0.4 is 5.73 Å². The fraction of sp³-hybridized carbons (Fsp3) is 0.500. The molecule has 0 saturated carbocycles. The third-order valence-corrected chi connectivity index (χ3v) is 3.40. The molecule has 2 aromatic heterocycles. The molecule has 19 heavy (non-hydrogen) atoms. The zero-order valence-corrected chi connectivity index (χ0v) is 12.1. The largest absolute Gasteiger partial charge is 0.398 e. The first kappa shape index (κ1) is 13.5. The summed E-state index contributed by atoms with van der Waals surface area (Å²) >= 11 is 0. The van der Waals surface area contributed by atoms with Crippen LogP contribution in [0.4, 0.5) is 5.69 Å². The lowest BCUT2D eigenvalue weighted by Gasteiger charge is -2.10. The molecule has 0 aliphatic carbocycles. The monoisotopic (exact) mass is 259 g/mol. The van der Waals surface area contributed by atoms with Gasteiger partial charge in [0.15, 0.2) is 5.82 Å². The van der Waals surface area contributed by atoms with Gasteiger partial charge >= 0.3 is 0 Å². The SMILES string of the molecule is CCc1nc(CC)n(Cc2ncc(C)c(N)c2C)n1. The van der Waals surface area contributed by atoms with E-state index in [4.69, 9.17) is 5.73 Å². The van der Waals surface area contributed by atoms with Crippen LogP contribution >= 0.6 is 0 Å². The summed E-state index contributed by atoms with van der Waals surface area (Å²) in [5.41, 5.74) is 9.89. The van der Waals surface area contributed by atoms with Crippen LogP contribution in [0.5, 0.6) is 0 Å². The summed E-state index contributed by atoms with van der Waals surface area (Å²) < 4.78 is 1.93. The predicted octanol–water partition coefficient (Wildman–Crippen LogP) is 2.05. The number of anilines is 1. The van der Waals surface area contributed by atoms with E-state index in [-0.39, 0.29) is 0 Å². The van der Waals surface area contributed by atoms with Crippen LogP contribution in [-0.2, 0) is 19.4 Å². The minimum Gasteiger partial charge on any atom is -0.398 e. The number of hydrogen-bond acceptors (Lipinski definition) is 4. The number of pyridine rings is 1. The molecule has 2 N–H and O–H groups in total. The molecule has 0 aliphatic heterocycles. The highest BCUT2D eigenvalue weighted by molar-refractivity contribution is 5.53. The average Bonchev–Trinajstić information content (AvgIpc) is 2.82. The lowest BCUT2D eigenvalue weighted by atomic mass is 10.1. The Kier molecular flexibility index (Phi) is 3.83. The Hall–Kier alpha value is -1.91. The van der Waals surface area contributed by atoms with Crippen LogP contribution in [0.15, 0.2) is 6.20 Å². The van der Waals surface area contributed by atoms with Crippen molar-refractivity contribution in [2.24, 2.45) is 0 Å². The number of nitrogens with zero attached hydrogens (tertiary/aromatic N) is 4. The van der Waals surface area contributed by atoms with Crippen LogP contribution in [0, 0.1) is 13.8 Å². The molecular weight excluding hydrogens is 238 g/mol. The topological polar surface area (TPSA) is 69.6 Å². The Morgan fingerprint density at radius 2 is 1.95 bits per heavy atom. The Morgan fingerprint density at radius 1 is 1.21 bits per heavy atom. The van der Waals surface area contributed by atoms with Crippen molar-refractivity contribution in [3.8, 4) is 0 Å². The number of hydrogen-bond donors (Lipinski definition) is 1. The molecule has 0 amide bonds. The number of nitrogens with two attached hydrogens (primary N) is 1. The summed E-state index contributed by atoms with van der Waals surface area (Å²) in [4.78, 5) is 8.98. The first-order valence-corrected chi connectivity index (χ1v) is 6.69. The predicted molar refractivity (Wildman–Crippen MR) is 76.0 cm³/mol. The Morgan fingerprint density at radius 3 is 2.58 bits per heavy atom. The molecule has 0 radical (unpaired) electrons. The van der Waals surface area contributed by atoms with Gasteiger partial charge < -0.3 is 5.73 Å². The van der Waals surface area contributed by atoms with Crippen molar-refractivity contribution in [2.75, 3.05) is 5.73 Å². The summed E-state index contributed by atoms with van der Waals surface area (Å²) in [6.45, 7) is 8.76. The van der Waals surface area contributed by atoms with Crippen molar-refractivity contribution in [1.29, 1.82) is 0 Å². The van der Waals surface area contributed by atoms with Crippen molar-refractivity contribution in [3.63, 3.8) is 0 Å². The maximum Gasteiger partial charge on any atom is 0.150 e. The molecule has 0 bridgehead atoms. The van der Waals surface area contributed by atoms with E-state index < -0.39 is 0 Å². The van der Waals surface area contributed by atoms with Gasteiger partial charge in [-0.1, -0.05) is 13.8 Å². The van der Waals surface area contributed by atoms with Gasteiger partial charge in [-0.15, -0.1) is 0 Å². The van der Waals surface area contributed by atoms with Gasteiger partial charge in [-0.3, -0.25) is 4.98 Å². The smallest absolute Gasteiger partial charge is 0.150 e. The van der Waals surface area contributed by atoms with E-state index in [1.807, 2.05) is 24.7 Å². The molecule has 0 saturated heterocycles. The minimum atomic E-state index is 0.631. The molecule has 5 heteroatoms. The highest BCUT2D eigenvalue weighted by Crippen LogP contribution is 2.19. The zero-order valence-electron chi connectivity index (χ0n) is 12.1. The Labute approximate surface area is 113 Å². The lowest BCUT2D eigenvalue weighted by Crippen LogP contribution is -2.11. The minimum absolute atomic E-state index is 0.631. The first-order chi connectivity index (χ1) is 9.06. The molecule has 2 rings (SSSR count). The number of nitrogen functional groups attached to an aromatic ring is 1. The number of aryl methyl sites for hydroxylation is 3. The van der Waals surface area contributed by atoms with Crippen molar-refractivity contribution < 1.29 is 0 Å². The van der Waals surface area contributed by atoms with Gasteiger partial charge in [0.1, 0.15) is 5.82 Å². The van der Waals surface area contributed by atoms with E-state index in [2.05, 4.69) is 28.9 Å². The van der Waals surface area contributed by atoms with E-state index >= 15 is 0 Å². The molecule has 0 fully saturated rings. The molecule has 2 heterocycles. The maximum absolute atomic E-state index is 6.05. The second-order valence-corrected chi connectivity index (χ2v) is 4.74. The average molecular weight is 259 g/mol. The van der Waals surface area contributed by atoms with E-state index in [1.165, 1.54) is 0 Å². The van der Waals surface area contributed by atoms with Gasteiger partial charge in [0.2, 0.25) is 0 Å². The highest BCUT2D eigenvalue weighted by atomic mass is 15.3. The molecule has 0 unspecified atom stereocenters. The Bertz CT molecular complexity index is 586. The third-order valence-electron chi connectivity index (χ3n) is 3.40. The number of aromatic nitrogens is 4. The summed E-state index contributed by atoms with van der Waals surface area (Å²) in [5.74, 6) is 1.88. The molecule has 0 aliphatic rings. The zero-order chi connectivity index (χ0) is 14.0. The summed E-state index contributed by atoms with van der Waals surface area (Å²) in [5, 5.41) is 4.51. The first-order valence-electron chi connectivity index (χ1n) is 6.69. The maximum atomic E-state index is 6.05. The van der Waals surface area contributed by atoms with Gasteiger partial charge in [-0.2, -0.15) is 5.10 Å². The molecule has 2 aromatic rings. The van der Waals surface area contributed by atoms with Crippen molar-refractivity contribution in [3.05, 3.63) is 34.7 Å². The molecule has 0 atom stereocenters. The van der Waals surface area contributed by atoms with Gasteiger partial charge in [0, 0.05) is 24.7 Å². The summed E-state index contributed by atoms with van der Waals surface area (Å²) in [6.07, 6.45) is 3.54. The molecule has 102 valence electrons. The third kappa shape index (κ3) is 2.59. The fourth-order valence-electron chi connectivity index (χ4n) is 2.06. The summed E-state index contributed by atoms with van der Waals surface area (Å²) in [6, 6.07) is 0. The van der Waals surface area contributed by atoms with Crippen molar-refractivity contribution >= 4 is 5.69 Å². The van der Waals surface area contributed by atoms with E-state index in [9.17, 15) is 0 Å². The van der Waals surface area contributed by atoms with Crippen LogP contribution in [0.1, 0.15) is 42.3 Å². The molecule has 0 aromatic carbocycles. The van der Waals surface area contributed by atoms with Crippen molar-refractivity contribution in [2.45, 2.75) is 47.1 Å². The fourth-order valence-corrected chi connectivity index (χ4v) is 2.06. The summed E-state index contributed by atoms with van der Waals surface area (Å²) in [7, 11) is 0. The van der Waals surface area contributed by atoms with Gasteiger partial charge in [0.05, 0.1) is 12.2 Å². The highest BCUT2D eigenvalue weighted by Gasteiger charge is 2.11. The van der Waals surface area contributed by atoms with Crippen LogP contribution in [0.25, 0.3) is 0 Å². The number of rotatable bonds is 4. The second-order valence-electron chi connectivity index (χ2n) is 4.74. The van der Waals surface area contributed by atoms with Crippen LogP contribution in [0.3, 0.4) is 0 Å². The van der Waals surface area contributed by atoms with Crippen LogP contribution in [0.2, 0.25) is 0 Å². The molecule has 5 nitrogen and oxygen atoms in total. The molecular formula is C14H21N5. The van der Waals surface area contributed by atoms with Crippen molar-refractivity contribution in [1.82, 2.24) is 19.7 Å². The quantitative estimate of drug-likeness (QED) is 0.912. The van der Waals surface area contributed by atoms with Gasteiger partial charge in [0.25, 0.3) is 0 Å².